The van der Waals surface area contributed by atoms with Gasteiger partial charge in [-0.05, 0) is 19.8 Å². The molecule has 0 aromatic carbocycles. The molecule has 1 unspecified atom stereocenters. The zero-order valence-corrected chi connectivity index (χ0v) is 14.2. The SMILES string of the molecule is CC(COCCCN1C(=O)C=CC1=O)OCCCN1C(=O)C=CC1=O. The van der Waals surface area contributed by atoms with E-state index in [1.165, 1.54) is 34.1 Å². The Morgan fingerprint density at radius 2 is 1.24 bits per heavy atom. The van der Waals surface area contributed by atoms with E-state index >= 15 is 0 Å². The van der Waals surface area contributed by atoms with Crippen LogP contribution >= 0.6 is 0 Å². The zero-order chi connectivity index (χ0) is 18.2. The van der Waals surface area contributed by atoms with Crippen molar-refractivity contribution >= 4 is 23.6 Å². The van der Waals surface area contributed by atoms with Crippen LogP contribution in [0.15, 0.2) is 24.3 Å². The summed E-state index contributed by atoms with van der Waals surface area (Å²) < 4.78 is 11.0. The third kappa shape index (κ3) is 5.61. The Hall–Kier alpha value is -2.32. The summed E-state index contributed by atoms with van der Waals surface area (Å²) in [5.74, 6) is -1.14. The zero-order valence-electron chi connectivity index (χ0n) is 14.2. The van der Waals surface area contributed by atoms with Gasteiger partial charge < -0.3 is 9.47 Å². The lowest BCUT2D eigenvalue weighted by Gasteiger charge is -2.17. The van der Waals surface area contributed by atoms with Crippen LogP contribution in [0.3, 0.4) is 0 Å². The molecule has 0 bridgehead atoms. The molecule has 0 N–H and O–H groups in total. The van der Waals surface area contributed by atoms with E-state index in [-0.39, 0.29) is 29.7 Å². The quantitative estimate of drug-likeness (QED) is 0.386. The summed E-state index contributed by atoms with van der Waals surface area (Å²) >= 11 is 0. The fraction of sp³-hybridized carbons (Fsp3) is 0.529. The summed E-state index contributed by atoms with van der Waals surface area (Å²) in [7, 11) is 0. The Morgan fingerprint density at radius 3 is 1.72 bits per heavy atom. The highest BCUT2D eigenvalue weighted by molar-refractivity contribution is 6.13. The average molecular weight is 350 g/mol. The Kier molecular flexibility index (Phi) is 7.03. The minimum atomic E-state index is -0.286. The van der Waals surface area contributed by atoms with E-state index < -0.39 is 0 Å². The highest BCUT2D eigenvalue weighted by Gasteiger charge is 2.23. The van der Waals surface area contributed by atoms with Crippen molar-refractivity contribution in [2.75, 3.05) is 32.9 Å². The van der Waals surface area contributed by atoms with Crippen molar-refractivity contribution in [3.63, 3.8) is 0 Å². The maximum atomic E-state index is 11.4. The number of carbonyl (C=O) groups is 4. The Balaban J connectivity index is 1.47. The molecule has 2 aliphatic heterocycles. The second kappa shape index (κ2) is 9.24. The van der Waals surface area contributed by atoms with Gasteiger partial charge in [-0.1, -0.05) is 0 Å². The van der Waals surface area contributed by atoms with Gasteiger partial charge in [-0.2, -0.15) is 0 Å². The highest BCUT2D eigenvalue weighted by atomic mass is 16.5. The van der Waals surface area contributed by atoms with Gasteiger partial charge in [0.15, 0.2) is 0 Å². The summed E-state index contributed by atoms with van der Waals surface area (Å²) in [4.78, 5) is 47.8. The molecule has 8 nitrogen and oxygen atoms in total. The van der Waals surface area contributed by atoms with E-state index in [0.717, 1.165) is 0 Å². The molecular weight excluding hydrogens is 328 g/mol. The van der Waals surface area contributed by atoms with Crippen molar-refractivity contribution in [1.29, 1.82) is 0 Å². The summed E-state index contributed by atoms with van der Waals surface area (Å²) in [6.07, 6.45) is 6.06. The van der Waals surface area contributed by atoms with Gasteiger partial charge in [0.2, 0.25) is 0 Å². The Morgan fingerprint density at radius 1 is 0.800 bits per heavy atom. The summed E-state index contributed by atoms with van der Waals surface area (Å²) in [5, 5.41) is 0. The average Bonchev–Trinajstić information content (AvgIpc) is 3.07. The van der Waals surface area contributed by atoms with E-state index in [2.05, 4.69) is 0 Å². The van der Waals surface area contributed by atoms with Crippen molar-refractivity contribution in [2.45, 2.75) is 25.9 Å². The summed E-state index contributed by atoms with van der Waals surface area (Å²) in [6, 6.07) is 0. The van der Waals surface area contributed by atoms with Gasteiger partial charge in [-0.3, -0.25) is 29.0 Å². The molecule has 8 heteroatoms. The predicted octanol–water partition coefficient (Wildman–Crippen LogP) is 0.0383. The second-order valence-electron chi connectivity index (χ2n) is 5.79. The molecule has 2 rings (SSSR count). The van der Waals surface area contributed by atoms with Crippen LogP contribution in [0.5, 0.6) is 0 Å². The third-order valence-electron chi connectivity index (χ3n) is 3.75. The number of amides is 4. The molecule has 2 heterocycles. The van der Waals surface area contributed by atoms with Crippen LogP contribution < -0.4 is 0 Å². The molecule has 0 fully saturated rings. The second-order valence-corrected chi connectivity index (χ2v) is 5.79. The number of rotatable bonds is 11. The maximum Gasteiger partial charge on any atom is 0.253 e. The van der Waals surface area contributed by atoms with Gasteiger partial charge in [0.05, 0.1) is 12.7 Å². The predicted molar refractivity (Wildman–Crippen MR) is 87.2 cm³/mol. The van der Waals surface area contributed by atoms with Crippen molar-refractivity contribution in [3.05, 3.63) is 24.3 Å². The Bertz CT molecular complexity index is 562. The van der Waals surface area contributed by atoms with Gasteiger partial charge in [-0.25, -0.2) is 0 Å². The molecular formula is C17H22N2O6. The van der Waals surface area contributed by atoms with Crippen LogP contribution in [-0.4, -0.2) is 72.4 Å². The molecule has 4 amide bonds. The smallest absolute Gasteiger partial charge is 0.253 e. The molecule has 1 atom stereocenters. The minimum Gasteiger partial charge on any atom is -0.379 e. The first-order chi connectivity index (χ1) is 12.0. The van der Waals surface area contributed by atoms with Gasteiger partial charge in [0, 0.05) is 50.6 Å². The first-order valence-corrected chi connectivity index (χ1v) is 8.25. The molecule has 2 aliphatic rings. The van der Waals surface area contributed by atoms with Crippen LogP contribution in [0.2, 0.25) is 0 Å². The monoisotopic (exact) mass is 350 g/mol. The first kappa shape index (κ1) is 19.0. The normalized spacial score (nSPS) is 18.1. The summed E-state index contributed by atoms with van der Waals surface area (Å²) in [6.45, 7) is 3.78. The first-order valence-electron chi connectivity index (χ1n) is 8.25. The van der Waals surface area contributed by atoms with E-state index in [1.54, 1.807) is 0 Å². The fourth-order valence-electron chi connectivity index (χ4n) is 2.43. The molecule has 0 aromatic rings. The van der Waals surface area contributed by atoms with E-state index in [9.17, 15) is 19.2 Å². The van der Waals surface area contributed by atoms with E-state index in [1.807, 2.05) is 6.92 Å². The highest BCUT2D eigenvalue weighted by Crippen LogP contribution is 2.06. The number of carbonyl (C=O) groups excluding carboxylic acids is 4. The maximum absolute atomic E-state index is 11.4. The van der Waals surface area contributed by atoms with Crippen LogP contribution in [0.25, 0.3) is 0 Å². The summed E-state index contributed by atoms with van der Waals surface area (Å²) in [5.41, 5.74) is 0. The van der Waals surface area contributed by atoms with Crippen molar-refractivity contribution in [3.8, 4) is 0 Å². The van der Waals surface area contributed by atoms with Crippen LogP contribution in [0.4, 0.5) is 0 Å². The van der Waals surface area contributed by atoms with Gasteiger partial charge in [-0.15, -0.1) is 0 Å². The van der Waals surface area contributed by atoms with E-state index in [0.29, 0.717) is 45.8 Å². The largest absolute Gasteiger partial charge is 0.379 e. The lowest BCUT2D eigenvalue weighted by atomic mass is 10.3. The third-order valence-corrected chi connectivity index (χ3v) is 3.75. The molecule has 0 aliphatic carbocycles. The standard InChI is InChI=1S/C17H22N2O6/c1-13(25-11-3-9-19-16(22)6-7-17(19)23)12-24-10-2-8-18-14(20)4-5-15(18)21/h4-7,13H,2-3,8-12H2,1H3. The molecule has 0 saturated heterocycles. The van der Waals surface area contributed by atoms with Crippen LogP contribution in [-0.2, 0) is 28.7 Å². The Labute approximate surface area is 146 Å². The molecule has 0 radical (unpaired) electrons. The number of hydrogen-bond acceptors (Lipinski definition) is 6. The molecule has 25 heavy (non-hydrogen) atoms. The number of imide groups is 2. The minimum absolute atomic E-state index is 0.125. The number of hydrogen-bond donors (Lipinski definition) is 0. The lowest BCUT2D eigenvalue weighted by molar-refractivity contribution is -0.138. The van der Waals surface area contributed by atoms with Gasteiger partial charge >= 0.3 is 0 Å². The van der Waals surface area contributed by atoms with E-state index in [4.69, 9.17) is 9.47 Å². The van der Waals surface area contributed by atoms with Gasteiger partial charge in [0.1, 0.15) is 0 Å². The fourth-order valence-corrected chi connectivity index (χ4v) is 2.43. The molecule has 0 spiro atoms. The van der Waals surface area contributed by atoms with Crippen molar-refractivity contribution in [1.82, 2.24) is 9.80 Å². The van der Waals surface area contributed by atoms with Crippen molar-refractivity contribution in [2.24, 2.45) is 0 Å². The number of ether oxygens (including phenoxy) is 2. The van der Waals surface area contributed by atoms with Crippen LogP contribution in [0, 0.1) is 0 Å². The van der Waals surface area contributed by atoms with Crippen molar-refractivity contribution < 1.29 is 28.7 Å². The van der Waals surface area contributed by atoms with Crippen LogP contribution in [0.1, 0.15) is 19.8 Å². The van der Waals surface area contributed by atoms with Gasteiger partial charge in [0.25, 0.3) is 23.6 Å². The molecule has 136 valence electrons. The molecule has 0 saturated carbocycles. The topological polar surface area (TPSA) is 93.2 Å². The molecule has 0 aromatic heterocycles. The lowest BCUT2D eigenvalue weighted by Crippen LogP contribution is -2.32. The number of nitrogens with zero attached hydrogens (tertiary/aromatic N) is 2.